The van der Waals surface area contributed by atoms with Crippen LogP contribution in [-0.2, 0) is 15.3 Å². The Morgan fingerprint density at radius 2 is 1.75 bits per heavy atom. The third kappa shape index (κ3) is 6.95. The van der Waals surface area contributed by atoms with Crippen molar-refractivity contribution in [3.63, 3.8) is 0 Å². The molecule has 4 aromatic rings. The zero-order chi connectivity index (χ0) is 31.1. The molecule has 1 saturated heterocycles. The minimum Gasteiger partial charge on any atom is -0.507 e. The van der Waals surface area contributed by atoms with Gasteiger partial charge in [-0.3, -0.25) is 14.5 Å². The second kappa shape index (κ2) is 14.5. The molecule has 0 bridgehead atoms. The van der Waals surface area contributed by atoms with E-state index in [2.05, 4.69) is 17.1 Å². The number of carbonyl (C=O) groups excluding carboxylic acids is 2. The van der Waals surface area contributed by atoms with E-state index >= 15 is 0 Å². The third-order valence-electron chi connectivity index (χ3n) is 6.96. The number of anilines is 1. The van der Waals surface area contributed by atoms with Crippen LogP contribution in [0.15, 0.2) is 82.7 Å². The molecule has 0 aliphatic carbocycles. The highest BCUT2D eigenvalue weighted by Crippen LogP contribution is 2.45. The summed E-state index contributed by atoms with van der Waals surface area (Å²) in [6.07, 6.45) is 3.01. The number of aliphatic hydroxyl groups excluding tert-OH is 1. The molecule has 1 unspecified atom stereocenters. The van der Waals surface area contributed by atoms with Crippen LogP contribution in [-0.4, -0.2) is 40.2 Å². The van der Waals surface area contributed by atoms with Crippen LogP contribution in [0, 0.1) is 5.82 Å². The van der Waals surface area contributed by atoms with Crippen molar-refractivity contribution in [2.45, 2.75) is 49.2 Å². The van der Waals surface area contributed by atoms with Crippen molar-refractivity contribution in [3.8, 4) is 11.5 Å². The maximum atomic E-state index is 13.6. The molecule has 0 radical (unpaired) electrons. The number of hydrogen-bond acceptors (Lipinski definition) is 9. The Kier molecular flexibility index (Phi) is 10.3. The molecule has 3 aromatic carbocycles. The fourth-order valence-electron chi connectivity index (χ4n) is 4.80. The van der Waals surface area contributed by atoms with Gasteiger partial charge in [0.15, 0.2) is 15.8 Å². The molecule has 1 fully saturated rings. The van der Waals surface area contributed by atoms with Gasteiger partial charge in [0, 0.05) is 11.3 Å². The van der Waals surface area contributed by atoms with Gasteiger partial charge in [-0.05, 0) is 48.7 Å². The molecular formula is C33H32FN3O5S2. The maximum Gasteiger partial charge on any atom is 0.301 e. The molecule has 1 aromatic heterocycles. The number of aromatic nitrogens is 2. The minimum absolute atomic E-state index is 0.0593. The van der Waals surface area contributed by atoms with Gasteiger partial charge in [0.25, 0.3) is 5.78 Å². The van der Waals surface area contributed by atoms with E-state index in [0.29, 0.717) is 45.9 Å². The SMILES string of the molecule is CCCCCOc1ccc(C2/C(=C(\O)c3ccccc3)C(=O)C(=O)N2c2nnc(SCc3ccc(F)cc3)s2)cc1OCC. The molecule has 1 amide bonds. The molecule has 11 heteroatoms. The lowest BCUT2D eigenvalue weighted by Crippen LogP contribution is -2.29. The van der Waals surface area contributed by atoms with Gasteiger partial charge in [0.1, 0.15) is 11.6 Å². The van der Waals surface area contributed by atoms with Gasteiger partial charge in [-0.1, -0.05) is 91.4 Å². The number of Topliss-reactive ketones (excluding diaryl/α,β-unsaturated/α-hetero) is 1. The molecule has 1 N–H and O–H groups in total. The summed E-state index contributed by atoms with van der Waals surface area (Å²) in [5.41, 5.74) is 1.79. The molecular weight excluding hydrogens is 602 g/mol. The average molecular weight is 634 g/mol. The number of nitrogens with zero attached hydrogens (tertiary/aromatic N) is 3. The van der Waals surface area contributed by atoms with Gasteiger partial charge in [-0.25, -0.2) is 4.39 Å². The Labute approximate surface area is 263 Å². The van der Waals surface area contributed by atoms with Crippen molar-refractivity contribution in [2.75, 3.05) is 18.1 Å². The first-order chi connectivity index (χ1) is 21.4. The lowest BCUT2D eigenvalue weighted by Gasteiger charge is -2.23. The quantitative estimate of drug-likeness (QED) is 0.0402. The number of hydrogen-bond donors (Lipinski definition) is 1. The highest BCUT2D eigenvalue weighted by molar-refractivity contribution is 8.00. The van der Waals surface area contributed by atoms with Crippen LogP contribution >= 0.6 is 23.1 Å². The van der Waals surface area contributed by atoms with Gasteiger partial charge >= 0.3 is 5.91 Å². The molecule has 1 aliphatic heterocycles. The first kappa shape index (κ1) is 31.2. The second-order valence-electron chi connectivity index (χ2n) is 10.00. The van der Waals surface area contributed by atoms with Crippen LogP contribution in [0.4, 0.5) is 9.52 Å². The van der Waals surface area contributed by atoms with Crippen molar-refractivity contribution in [2.24, 2.45) is 0 Å². The number of ketones is 1. The first-order valence-electron chi connectivity index (χ1n) is 14.4. The van der Waals surface area contributed by atoms with E-state index in [1.165, 1.54) is 28.8 Å². The molecule has 1 atom stereocenters. The summed E-state index contributed by atoms with van der Waals surface area (Å²) >= 11 is 2.54. The lowest BCUT2D eigenvalue weighted by atomic mass is 9.95. The van der Waals surface area contributed by atoms with Crippen LogP contribution in [0.1, 0.15) is 55.8 Å². The van der Waals surface area contributed by atoms with Crippen molar-refractivity contribution in [1.82, 2.24) is 10.2 Å². The normalized spacial score (nSPS) is 16.0. The van der Waals surface area contributed by atoms with Gasteiger partial charge < -0.3 is 14.6 Å². The number of benzene rings is 3. The highest BCUT2D eigenvalue weighted by atomic mass is 32.2. The van der Waals surface area contributed by atoms with Crippen molar-refractivity contribution in [3.05, 3.63) is 101 Å². The molecule has 0 spiro atoms. The second-order valence-corrected chi connectivity index (χ2v) is 12.2. The molecule has 1 aliphatic rings. The van der Waals surface area contributed by atoms with Gasteiger partial charge in [-0.2, -0.15) is 0 Å². The Morgan fingerprint density at radius 3 is 2.48 bits per heavy atom. The standard InChI is InChI=1S/C33H32FN3O5S2/c1-3-5-9-18-42-25-17-14-23(19-26(25)41-4-2)28-27(29(38)22-10-7-6-8-11-22)30(39)31(40)37(28)32-35-36-33(44-32)43-20-21-12-15-24(34)16-13-21/h6-8,10-17,19,28,38H,3-5,9,18,20H2,1-2H3/b29-27+. The third-order valence-corrected chi connectivity index (χ3v) is 9.08. The number of carbonyl (C=O) groups is 2. The van der Waals surface area contributed by atoms with Crippen LogP contribution < -0.4 is 14.4 Å². The van der Waals surface area contributed by atoms with Crippen LogP contribution in [0.2, 0.25) is 0 Å². The summed E-state index contributed by atoms with van der Waals surface area (Å²) in [5, 5.41) is 20.1. The van der Waals surface area contributed by atoms with E-state index < -0.39 is 17.7 Å². The maximum absolute atomic E-state index is 13.6. The fraction of sp³-hybridized carbons (Fsp3) is 0.273. The van der Waals surface area contributed by atoms with Crippen LogP contribution in [0.3, 0.4) is 0 Å². The van der Waals surface area contributed by atoms with Crippen LogP contribution in [0.5, 0.6) is 11.5 Å². The van der Waals surface area contributed by atoms with E-state index in [9.17, 15) is 19.1 Å². The highest BCUT2D eigenvalue weighted by Gasteiger charge is 2.48. The smallest absolute Gasteiger partial charge is 0.301 e. The number of unbranched alkanes of at least 4 members (excludes halogenated alkanes) is 2. The number of aliphatic hydroxyl groups is 1. The fourth-order valence-corrected chi connectivity index (χ4v) is 6.62. The molecule has 44 heavy (non-hydrogen) atoms. The molecule has 5 rings (SSSR count). The molecule has 228 valence electrons. The van der Waals surface area contributed by atoms with E-state index in [4.69, 9.17) is 9.47 Å². The van der Waals surface area contributed by atoms with E-state index in [-0.39, 0.29) is 22.3 Å². The van der Waals surface area contributed by atoms with Crippen molar-refractivity contribution >= 4 is 45.7 Å². The monoisotopic (exact) mass is 633 g/mol. The molecule has 2 heterocycles. The Hall–Kier alpha value is -4.22. The molecule has 0 saturated carbocycles. The minimum atomic E-state index is -0.994. The van der Waals surface area contributed by atoms with Crippen molar-refractivity contribution in [1.29, 1.82) is 0 Å². The first-order valence-corrected chi connectivity index (χ1v) is 16.2. The number of amides is 1. The van der Waals surface area contributed by atoms with Gasteiger partial charge in [0.2, 0.25) is 5.13 Å². The number of rotatable bonds is 13. The zero-order valence-corrected chi connectivity index (χ0v) is 26.0. The predicted molar refractivity (Wildman–Crippen MR) is 170 cm³/mol. The largest absolute Gasteiger partial charge is 0.507 e. The zero-order valence-electron chi connectivity index (χ0n) is 24.4. The topological polar surface area (TPSA) is 102 Å². The van der Waals surface area contributed by atoms with E-state index in [1.807, 2.05) is 6.92 Å². The molecule has 8 nitrogen and oxygen atoms in total. The summed E-state index contributed by atoms with van der Waals surface area (Å²) in [6.45, 7) is 4.89. The number of ether oxygens (including phenoxy) is 2. The summed E-state index contributed by atoms with van der Waals surface area (Å²) in [5.74, 6) is -0.706. The van der Waals surface area contributed by atoms with Crippen LogP contribution in [0.25, 0.3) is 5.76 Å². The summed E-state index contributed by atoms with van der Waals surface area (Å²) in [4.78, 5) is 28.5. The van der Waals surface area contributed by atoms with Crippen molar-refractivity contribution < 1.29 is 28.6 Å². The number of thioether (sulfide) groups is 1. The Bertz CT molecular complexity index is 1640. The predicted octanol–water partition coefficient (Wildman–Crippen LogP) is 7.56. The Balaban J connectivity index is 1.53. The Morgan fingerprint density at radius 1 is 0.977 bits per heavy atom. The average Bonchev–Trinajstić information content (AvgIpc) is 3.61. The van der Waals surface area contributed by atoms with E-state index in [1.54, 1.807) is 60.7 Å². The number of halogens is 1. The van der Waals surface area contributed by atoms with Gasteiger partial charge in [-0.15, -0.1) is 10.2 Å². The van der Waals surface area contributed by atoms with Gasteiger partial charge in [0.05, 0.1) is 24.8 Å². The summed E-state index contributed by atoms with van der Waals surface area (Å²) < 4.78 is 25.8. The summed E-state index contributed by atoms with van der Waals surface area (Å²) in [6, 6.07) is 19.1. The van der Waals surface area contributed by atoms with E-state index in [0.717, 1.165) is 36.2 Å². The lowest BCUT2D eigenvalue weighted by molar-refractivity contribution is -0.132. The summed E-state index contributed by atoms with van der Waals surface area (Å²) in [7, 11) is 0.